The van der Waals surface area contributed by atoms with E-state index in [2.05, 4.69) is 0 Å². The molecule has 0 heterocycles. The van der Waals surface area contributed by atoms with Crippen LogP contribution in [0.25, 0.3) is 6.08 Å². The Labute approximate surface area is 90.0 Å². The van der Waals surface area contributed by atoms with Crippen LogP contribution >= 0.6 is 0 Å². The molecular formula is C12H15NO2. The van der Waals surface area contributed by atoms with Crippen molar-refractivity contribution in [3.63, 3.8) is 0 Å². The number of carbonyl (C=O) groups is 1. The second-order valence-electron chi connectivity index (χ2n) is 3.28. The smallest absolute Gasteiger partial charge is 0.409 e. The normalized spacial score (nSPS) is 10.3. The van der Waals surface area contributed by atoms with Gasteiger partial charge in [0.1, 0.15) is 6.61 Å². The molecule has 0 aliphatic carbocycles. The molecule has 0 bridgehead atoms. The lowest BCUT2D eigenvalue weighted by molar-refractivity contribution is 0.129. The van der Waals surface area contributed by atoms with E-state index < -0.39 is 0 Å². The third kappa shape index (κ3) is 4.31. The Bertz CT molecular complexity index is 331. The van der Waals surface area contributed by atoms with Crippen molar-refractivity contribution in [3.05, 3.63) is 42.0 Å². The molecule has 0 aromatic heterocycles. The van der Waals surface area contributed by atoms with Crippen molar-refractivity contribution >= 4 is 12.2 Å². The summed E-state index contributed by atoms with van der Waals surface area (Å²) in [5.74, 6) is 0. The van der Waals surface area contributed by atoms with Crippen LogP contribution in [-0.4, -0.2) is 31.7 Å². The molecule has 0 aliphatic heterocycles. The average Bonchev–Trinajstić information content (AvgIpc) is 2.25. The standard InChI is InChI=1S/C12H15NO2/c1-13(2)12(14)15-10-6-9-11-7-4-3-5-8-11/h3-9H,10H2,1-2H3. The zero-order valence-electron chi connectivity index (χ0n) is 9.01. The molecule has 0 spiro atoms. The first-order chi connectivity index (χ1) is 7.20. The monoisotopic (exact) mass is 205 g/mol. The van der Waals surface area contributed by atoms with Crippen molar-refractivity contribution in [2.75, 3.05) is 20.7 Å². The second kappa shape index (κ2) is 5.86. The van der Waals surface area contributed by atoms with Gasteiger partial charge in [-0.05, 0) is 11.6 Å². The van der Waals surface area contributed by atoms with Gasteiger partial charge < -0.3 is 9.64 Å². The Morgan fingerprint density at radius 3 is 2.60 bits per heavy atom. The Kier molecular flexibility index (Phi) is 4.41. The van der Waals surface area contributed by atoms with Gasteiger partial charge in [-0.1, -0.05) is 36.4 Å². The van der Waals surface area contributed by atoms with E-state index in [1.54, 1.807) is 14.1 Å². The van der Waals surface area contributed by atoms with Gasteiger partial charge in [0.05, 0.1) is 0 Å². The van der Waals surface area contributed by atoms with Crippen molar-refractivity contribution in [1.82, 2.24) is 4.90 Å². The maximum Gasteiger partial charge on any atom is 0.409 e. The summed E-state index contributed by atoms with van der Waals surface area (Å²) in [7, 11) is 3.31. The topological polar surface area (TPSA) is 29.5 Å². The number of amides is 1. The Morgan fingerprint density at radius 1 is 1.33 bits per heavy atom. The number of ether oxygens (including phenoxy) is 1. The van der Waals surface area contributed by atoms with Crippen molar-refractivity contribution < 1.29 is 9.53 Å². The minimum Gasteiger partial charge on any atom is -0.445 e. The van der Waals surface area contributed by atoms with E-state index in [-0.39, 0.29) is 6.09 Å². The first kappa shape index (κ1) is 11.3. The van der Waals surface area contributed by atoms with Gasteiger partial charge in [0, 0.05) is 14.1 Å². The summed E-state index contributed by atoms with van der Waals surface area (Å²) < 4.78 is 4.93. The van der Waals surface area contributed by atoms with E-state index >= 15 is 0 Å². The molecule has 15 heavy (non-hydrogen) atoms. The lowest BCUT2D eigenvalue weighted by atomic mass is 10.2. The summed E-state index contributed by atoms with van der Waals surface area (Å²) >= 11 is 0. The summed E-state index contributed by atoms with van der Waals surface area (Å²) in [5.41, 5.74) is 1.10. The number of nitrogens with zero attached hydrogens (tertiary/aromatic N) is 1. The van der Waals surface area contributed by atoms with Crippen LogP contribution in [0.3, 0.4) is 0 Å². The predicted molar refractivity (Wildman–Crippen MR) is 60.5 cm³/mol. The SMILES string of the molecule is CN(C)C(=O)OCC=Cc1ccccc1. The van der Waals surface area contributed by atoms with Crippen LogP contribution < -0.4 is 0 Å². The summed E-state index contributed by atoms with van der Waals surface area (Å²) in [6, 6.07) is 9.87. The maximum atomic E-state index is 11.0. The van der Waals surface area contributed by atoms with Crippen LogP contribution in [-0.2, 0) is 4.74 Å². The Balaban J connectivity index is 2.32. The third-order valence-corrected chi connectivity index (χ3v) is 1.78. The average molecular weight is 205 g/mol. The number of carbonyl (C=O) groups excluding carboxylic acids is 1. The van der Waals surface area contributed by atoms with Crippen molar-refractivity contribution in [1.29, 1.82) is 0 Å². The van der Waals surface area contributed by atoms with Gasteiger partial charge in [-0.2, -0.15) is 0 Å². The fourth-order valence-electron chi connectivity index (χ4n) is 0.997. The Morgan fingerprint density at radius 2 is 2.00 bits per heavy atom. The van der Waals surface area contributed by atoms with Gasteiger partial charge in [-0.15, -0.1) is 0 Å². The predicted octanol–water partition coefficient (Wildman–Crippen LogP) is 2.40. The highest BCUT2D eigenvalue weighted by Crippen LogP contribution is 2.00. The van der Waals surface area contributed by atoms with E-state index in [4.69, 9.17) is 4.74 Å². The molecule has 1 rings (SSSR count). The zero-order valence-corrected chi connectivity index (χ0v) is 9.01. The first-order valence-electron chi connectivity index (χ1n) is 4.76. The molecule has 1 amide bonds. The zero-order chi connectivity index (χ0) is 11.1. The molecule has 0 saturated heterocycles. The first-order valence-corrected chi connectivity index (χ1v) is 4.76. The number of hydrogen-bond donors (Lipinski definition) is 0. The molecule has 80 valence electrons. The summed E-state index contributed by atoms with van der Waals surface area (Å²) in [6.07, 6.45) is 3.41. The van der Waals surface area contributed by atoms with E-state index in [1.807, 2.05) is 42.5 Å². The van der Waals surface area contributed by atoms with Gasteiger partial charge in [-0.25, -0.2) is 4.79 Å². The second-order valence-corrected chi connectivity index (χ2v) is 3.28. The molecule has 0 fully saturated rings. The highest BCUT2D eigenvalue weighted by molar-refractivity contribution is 5.67. The lowest BCUT2D eigenvalue weighted by Crippen LogP contribution is -2.22. The molecule has 0 saturated carbocycles. The van der Waals surface area contributed by atoms with Gasteiger partial charge >= 0.3 is 6.09 Å². The fourth-order valence-corrected chi connectivity index (χ4v) is 0.997. The maximum absolute atomic E-state index is 11.0. The highest BCUT2D eigenvalue weighted by Gasteiger charge is 2.01. The summed E-state index contributed by atoms with van der Waals surface area (Å²) in [6.45, 7) is 0.298. The third-order valence-electron chi connectivity index (χ3n) is 1.78. The molecule has 0 aliphatic rings. The van der Waals surface area contributed by atoms with Crippen LogP contribution in [0.4, 0.5) is 4.79 Å². The number of benzene rings is 1. The molecule has 1 aromatic rings. The molecule has 1 aromatic carbocycles. The number of hydrogen-bond acceptors (Lipinski definition) is 2. The van der Waals surface area contributed by atoms with Crippen LogP contribution in [0.5, 0.6) is 0 Å². The van der Waals surface area contributed by atoms with Gasteiger partial charge in [0.15, 0.2) is 0 Å². The Hall–Kier alpha value is -1.77. The van der Waals surface area contributed by atoms with Gasteiger partial charge in [0.2, 0.25) is 0 Å². The van der Waals surface area contributed by atoms with E-state index in [1.165, 1.54) is 4.90 Å². The van der Waals surface area contributed by atoms with E-state index in [9.17, 15) is 4.79 Å². The molecule has 0 unspecified atom stereocenters. The molecule has 0 atom stereocenters. The molecule has 0 radical (unpaired) electrons. The van der Waals surface area contributed by atoms with Gasteiger partial charge in [-0.3, -0.25) is 0 Å². The summed E-state index contributed by atoms with van der Waals surface area (Å²) in [4.78, 5) is 12.4. The van der Waals surface area contributed by atoms with Crippen LogP contribution in [0, 0.1) is 0 Å². The molecule has 3 heteroatoms. The van der Waals surface area contributed by atoms with Crippen molar-refractivity contribution in [3.8, 4) is 0 Å². The minimum absolute atomic E-state index is 0.298. The van der Waals surface area contributed by atoms with Crippen LogP contribution in [0.15, 0.2) is 36.4 Å². The minimum atomic E-state index is -0.326. The van der Waals surface area contributed by atoms with Crippen LogP contribution in [0.2, 0.25) is 0 Å². The van der Waals surface area contributed by atoms with E-state index in [0.717, 1.165) is 5.56 Å². The molecule has 3 nitrogen and oxygen atoms in total. The van der Waals surface area contributed by atoms with E-state index in [0.29, 0.717) is 6.61 Å². The van der Waals surface area contributed by atoms with Crippen LogP contribution in [0.1, 0.15) is 5.56 Å². The molecule has 0 N–H and O–H groups in total. The van der Waals surface area contributed by atoms with Gasteiger partial charge in [0.25, 0.3) is 0 Å². The number of rotatable bonds is 3. The lowest BCUT2D eigenvalue weighted by Gasteiger charge is -2.08. The highest BCUT2D eigenvalue weighted by atomic mass is 16.5. The molecular weight excluding hydrogens is 190 g/mol. The quantitative estimate of drug-likeness (QED) is 0.758. The fraction of sp³-hybridized carbons (Fsp3) is 0.250. The van der Waals surface area contributed by atoms with Crippen molar-refractivity contribution in [2.45, 2.75) is 0 Å². The van der Waals surface area contributed by atoms with Crippen molar-refractivity contribution in [2.24, 2.45) is 0 Å². The largest absolute Gasteiger partial charge is 0.445 e. The summed E-state index contributed by atoms with van der Waals surface area (Å²) in [5, 5.41) is 0.